The molecule has 174 valence electrons. The van der Waals surface area contributed by atoms with E-state index in [1.807, 2.05) is 25.1 Å². The molecule has 1 amide bonds. The highest BCUT2D eigenvalue weighted by Gasteiger charge is 2.20. The van der Waals surface area contributed by atoms with Gasteiger partial charge in [-0.25, -0.2) is 4.98 Å². The molecule has 1 aliphatic rings. The van der Waals surface area contributed by atoms with E-state index in [2.05, 4.69) is 15.2 Å². The number of pyridine rings is 1. The summed E-state index contributed by atoms with van der Waals surface area (Å²) in [5.41, 5.74) is 1.34. The minimum Gasteiger partial charge on any atom is -0.494 e. The Morgan fingerprint density at radius 2 is 2.09 bits per heavy atom. The molecular weight excluding hydrogens is 430 g/mol. The van der Waals surface area contributed by atoms with Gasteiger partial charge in [-0.1, -0.05) is 11.6 Å². The van der Waals surface area contributed by atoms with Crippen LogP contribution in [-0.4, -0.2) is 60.1 Å². The molecule has 0 radical (unpaired) electrons. The maximum absolute atomic E-state index is 12.2. The van der Waals surface area contributed by atoms with Crippen LogP contribution in [0.4, 0.5) is 5.82 Å². The summed E-state index contributed by atoms with van der Waals surface area (Å²) in [5.74, 6) is 2.16. The summed E-state index contributed by atoms with van der Waals surface area (Å²) in [7, 11) is 0. The summed E-state index contributed by atoms with van der Waals surface area (Å²) in [4.78, 5) is 18.9. The summed E-state index contributed by atoms with van der Waals surface area (Å²) >= 11 is 5.92. The van der Waals surface area contributed by atoms with Crippen molar-refractivity contribution in [3.05, 3.63) is 52.7 Å². The van der Waals surface area contributed by atoms with Crippen LogP contribution in [0.5, 0.6) is 5.75 Å². The lowest BCUT2D eigenvalue weighted by Gasteiger charge is -2.32. The first-order chi connectivity index (χ1) is 15.5. The average Bonchev–Trinajstić information content (AvgIpc) is 2.81. The number of nitrogens with one attached hydrogen (secondary N) is 1. The highest BCUT2D eigenvalue weighted by atomic mass is 35.5. The molecule has 1 aliphatic heterocycles. The number of amides is 1. The Morgan fingerprint density at radius 3 is 2.75 bits per heavy atom. The highest BCUT2D eigenvalue weighted by molar-refractivity contribution is 6.30. The van der Waals surface area contributed by atoms with Crippen molar-refractivity contribution in [1.29, 1.82) is 0 Å². The van der Waals surface area contributed by atoms with Gasteiger partial charge in [-0.3, -0.25) is 4.79 Å². The van der Waals surface area contributed by atoms with E-state index in [1.54, 1.807) is 18.3 Å². The normalized spacial score (nSPS) is 15.4. The van der Waals surface area contributed by atoms with E-state index >= 15 is 0 Å². The molecule has 1 fully saturated rings. The third kappa shape index (κ3) is 7.08. The number of benzene rings is 1. The average molecular weight is 462 g/mol. The van der Waals surface area contributed by atoms with Crippen LogP contribution in [-0.2, 0) is 0 Å². The van der Waals surface area contributed by atoms with Gasteiger partial charge in [0, 0.05) is 31.4 Å². The van der Waals surface area contributed by atoms with Gasteiger partial charge in [0.05, 0.1) is 24.3 Å². The first-order valence-corrected chi connectivity index (χ1v) is 11.5. The van der Waals surface area contributed by atoms with Crippen molar-refractivity contribution in [3.63, 3.8) is 0 Å². The molecule has 2 heterocycles. The maximum atomic E-state index is 12.2. The number of hydrogen-bond acceptors (Lipinski definition) is 6. The predicted octanol–water partition coefficient (Wildman–Crippen LogP) is 3.20. The van der Waals surface area contributed by atoms with E-state index < -0.39 is 6.10 Å². The Labute approximate surface area is 194 Å². The van der Waals surface area contributed by atoms with Crippen LogP contribution < -0.4 is 15.0 Å². The summed E-state index contributed by atoms with van der Waals surface area (Å²) in [5, 5.41) is 21.5. The van der Waals surface area contributed by atoms with E-state index in [0.29, 0.717) is 23.1 Å². The second kappa shape index (κ2) is 12.0. The van der Waals surface area contributed by atoms with Gasteiger partial charge >= 0.3 is 0 Å². The monoisotopic (exact) mass is 461 g/mol. The van der Waals surface area contributed by atoms with E-state index in [9.17, 15) is 9.90 Å². The molecule has 0 unspecified atom stereocenters. The molecule has 32 heavy (non-hydrogen) atoms. The number of hydrogen-bond donors (Lipinski definition) is 3. The number of aliphatic hydroxyl groups excluding tert-OH is 2. The molecule has 8 heteroatoms. The van der Waals surface area contributed by atoms with Crippen molar-refractivity contribution in [1.82, 2.24) is 10.3 Å². The van der Waals surface area contributed by atoms with Crippen LogP contribution in [0, 0.1) is 12.8 Å². The predicted molar refractivity (Wildman–Crippen MR) is 126 cm³/mol. The Bertz CT molecular complexity index is 870. The van der Waals surface area contributed by atoms with Crippen LogP contribution in [0.3, 0.4) is 0 Å². The van der Waals surface area contributed by atoms with E-state index in [-0.39, 0.29) is 19.1 Å². The van der Waals surface area contributed by atoms with Crippen molar-refractivity contribution in [3.8, 4) is 5.75 Å². The van der Waals surface area contributed by atoms with Crippen molar-refractivity contribution in [2.45, 2.75) is 38.7 Å². The molecule has 7 nitrogen and oxygen atoms in total. The number of halogens is 1. The number of carbonyl (C=O) groups excluding carboxylic acids is 1. The maximum Gasteiger partial charge on any atom is 0.251 e. The number of aryl methyl sites for hydroxylation is 1. The quantitative estimate of drug-likeness (QED) is 0.470. The van der Waals surface area contributed by atoms with Crippen molar-refractivity contribution in [2.75, 3.05) is 37.7 Å². The van der Waals surface area contributed by atoms with Gasteiger partial charge in [-0.05, 0) is 74.4 Å². The van der Waals surface area contributed by atoms with Crippen LogP contribution in [0.2, 0.25) is 5.02 Å². The largest absolute Gasteiger partial charge is 0.494 e. The van der Waals surface area contributed by atoms with Crippen molar-refractivity contribution in [2.24, 2.45) is 5.92 Å². The number of rotatable bonds is 10. The second-order valence-electron chi connectivity index (χ2n) is 8.28. The molecule has 0 spiro atoms. The molecule has 1 atom stereocenters. The van der Waals surface area contributed by atoms with Gasteiger partial charge in [0.2, 0.25) is 0 Å². The lowest BCUT2D eigenvalue weighted by atomic mass is 9.92. The minimum atomic E-state index is -0.955. The number of aliphatic hydroxyl groups is 2. The number of aromatic nitrogens is 1. The Hall–Kier alpha value is -2.35. The number of nitrogens with zero attached hydrogens (tertiary/aromatic N) is 2. The van der Waals surface area contributed by atoms with Crippen LogP contribution in [0.15, 0.2) is 36.5 Å². The number of ether oxygens (including phenoxy) is 1. The smallest absolute Gasteiger partial charge is 0.251 e. The van der Waals surface area contributed by atoms with Gasteiger partial charge in [0.25, 0.3) is 5.91 Å². The molecule has 1 aromatic heterocycles. The molecule has 3 rings (SSSR count). The third-order valence-corrected chi connectivity index (χ3v) is 6.05. The SMILES string of the molecule is Cc1cc(OCCCC2CCN(c3ccc(Cl)cn3)CC2)ccc1C(=O)NC[C@H](O)CO. The second-order valence-corrected chi connectivity index (χ2v) is 8.72. The fraction of sp³-hybridized carbons (Fsp3) is 0.500. The van der Waals surface area contributed by atoms with Gasteiger partial charge in [-0.2, -0.15) is 0 Å². The molecule has 0 aliphatic carbocycles. The zero-order valence-corrected chi connectivity index (χ0v) is 19.2. The lowest BCUT2D eigenvalue weighted by molar-refractivity contribution is 0.0801. The first kappa shape index (κ1) is 24.3. The van der Waals surface area contributed by atoms with E-state index in [4.69, 9.17) is 21.4 Å². The van der Waals surface area contributed by atoms with E-state index in [1.165, 1.54) is 0 Å². The summed E-state index contributed by atoms with van der Waals surface area (Å²) in [6, 6.07) is 9.24. The summed E-state index contributed by atoms with van der Waals surface area (Å²) in [6.07, 6.45) is 5.17. The zero-order chi connectivity index (χ0) is 22.9. The Morgan fingerprint density at radius 1 is 1.31 bits per heavy atom. The van der Waals surface area contributed by atoms with Crippen LogP contribution >= 0.6 is 11.6 Å². The molecule has 3 N–H and O–H groups in total. The number of piperidine rings is 1. The number of carbonyl (C=O) groups is 1. The molecule has 2 aromatic rings. The van der Waals surface area contributed by atoms with Gasteiger partial charge < -0.3 is 25.2 Å². The molecule has 0 bridgehead atoms. The Kier molecular flexibility index (Phi) is 9.14. The van der Waals surface area contributed by atoms with Crippen molar-refractivity contribution >= 4 is 23.3 Å². The standard InChI is InChI=1S/C24H32ClN3O4/c1-17-13-21(5-6-22(17)24(31)27-15-20(30)16-29)32-12-2-3-18-8-10-28(11-9-18)23-7-4-19(25)14-26-23/h4-7,13-14,18,20,29-30H,2-3,8-12,15-16H2,1H3,(H,27,31)/t20-/m0/s1. The topological polar surface area (TPSA) is 94.9 Å². The summed E-state index contributed by atoms with van der Waals surface area (Å²) < 4.78 is 5.89. The fourth-order valence-corrected chi connectivity index (χ4v) is 4.03. The molecule has 1 saturated heterocycles. The highest BCUT2D eigenvalue weighted by Crippen LogP contribution is 2.26. The first-order valence-electron chi connectivity index (χ1n) is 11.1. The molecule has 1 aromatic carbocycles. The van der Waals surface area contributed by atoms with Gasteiger partial charge in [0.1, 0.15) is 11.6 Å². The fourth-order valence-electron chi connectivity index (χ4n) is 3.92. The minimum absolute atomic E-state index is 0.0160. The van der Waals surface area contributed by atoms with Crippen LogP contribution in [0.25, 0.3) is 0 Å². The molecule has 0 saturated carbocycles. The van der Waals surface area contributed by atoms with Crippen molar-refractivity contribution < 1.29 is 19.7 Å². The lowest BCUT2D eigenvalue weighted by Crippen LogP contribution is -2.34. The summed E-state index contributed by atoms with van der Waals surface area (Å²) in [6.45, 7) is 4.16. The van der Waals surface area contributed by atoms with Gasteiger partial charge in [-0.15, -0.1) is 0 Å². The molecular formula is C24H32ClN3O4. The number of anilines is 1. The third-order valence-electron chi connectivity index (χ3n) is 5.83. The van der Waals surface area contributed by atoms with Crippen LogP contribution in [0.1, 0.15) is 41.6 Å². The van der Waals surface area contributed by atoms with E-state index in [0.717, 1.165) is 55.9 Å². The van der Waals surface area contributed by atoms with Gasteiger partial charge in [0.15, 0.2) is 0 Å². The Balaban J connectivity index is 1.36. The zero-order valence-electron chi connectivity index (χ0n) is 18.5.